The van der Waals surface area contributed by atoms with Crippen molar-refractivity contribution < 1.29 is 4.74 Å². The van der Waals surface area contributed by atoms with Crippen LogP contribution in [0.3, 0.4) is 0 Å². The molecule has 0 aromatic heterocycles. The minimum atomic E-state index is 0. The van der Waals surface area contributed by atoms with E-state index >= 15 is 0 Å². The Balaban J connectivity index is 0.00000210. The Kier molecular flexibility index (Phi) is 6.79. The largest absolute Gasteiger partial charge is 0.492 e. The molecule has 1 aromatic carbocycles. The summed E-state index contributed by atoms with van der Waals surface area (Å²) in [7, 11) is 0. The SMILES string of the molecule is CCN(CC)CCOc1ccc2c(c1)CC[C@@H]1[C@H]3CCC[C@]3(C)CC[C@@H]21.Cl. The second kappa shape index (κ2) is 8.74. The number of benzene rings is 1. The van der Waals surface area contributed by atoms with Gasteiger partial charge in [0.15, 0.2) is 0 Å². The summed E-state index contributed by atoms with van der Waals surface area (Å²) in [6.07, 6.45) is 9.95. The highest BCUT2D eigenvalue weighted by Gasteiger charge is 2.50. The maximum atomic E-state index is 6.09. The van der Waals surface area contributed by atoms with E-state index < -0.39 is 0 Å². The molecule has 3 aliphatic rings. The highest BCUT2D eigenvalue weighted by atomic mass is 35.5. The number of aryl methyl sites for hydroxylation is 1. The van der Waals surface area contributed by atoms with Crippen LogP contribution >= 0.6 is 12.4 Å². The van der Waals surface area contributed by atoms with Gasteiger partial charge in [-0.05, 0) is 98.0 Å². The van der Waals surface area contributed by atoms with Gasteiger partial charge in [-0.3, -0.25) is 0 Å². The number of ether oxygens (including phenoxy) is 1. The maximum absolute atomic E-state index is 6.09. The molecular weight excluding hydrogens is 354 g/mol. The van der Waals surface area contributed by atoms with Crippen LogP contribution in [0.15, 0.2) is 18.2 Å². The lowest BCUT2D eigenvalue weighted by Gasteiger charge is -2.49. The predicted octanol–water partition coefficient (Wildman–Crippen LogP) is 6.08. The Morgan fingerprint density at radius 2 is 1.93 bits per heavy atom. The molecule has 1 aromatic rings. The molecule has 0 N–H and O–H groups in total. The second-order valence-corrected chi connectivity index (χ2v) is 9.24. The molecule has 2 fully saturated rings. The molecule has 0 radical (unpaired) electrons. The van der Waals surface area contributed by atoms with E-state index in [1.807, 2.05) is 0 Å². The van der Waals surface area contributed by atoms with Crippen molar-refractivity contribution in [2.75, 3.05) is 26.2 Å². The minimum Gasteiger partial charge on any atom is -0.492 e. The Morgan fingerprint density at radius 3 is 2.70 bits per heavy atom. The van der Waals surface area contributed by atoms with Gasteiger partial charge in [0.05, 0.1) is 0 Å². The topological polar surface area (TPSA) is 12.5 Å². The predicted molar refractivity (Wildman–Crippen MR) is 116 cm³/mol. The minimum absolute atomic E-state index is 0. The van der Waals surface area contributed by atoms with Gasteiger partial charge < -0.3 is 9.64 Å². The van der Waals surface area contributed by atoms with E-state index in [4.69, 9.17) is 4.74 Å². The van der Waals surface area contributed by atoms with Crippen molar-refractivity contribution in [3.8, 4) is 5.75 Å². The van der Waals surface area contributed by atoms with Crippen LogP contribution in [0, 0.1) is 17.3 Å². The van der Waals surface area contributed by atoms with Gasteiger partial charge in [-0.25, -0.2) is 0 Å². The first kappa shape index (κ1) is 21.0. The van der Waals surface area contributed by atoms with E-state index in [2.05, 4.69) is 43.9 Å². The summed E-state index contributed by atoms with van der Waals surface area (Å²) in [5, 5.41) is 0. The van der Waals surface area contributed by atoms with Gasteiger partial charge in [0.2, 0.25) is 0 Å². The number of hydrogen-bond acceptors (Lipinski definition) is 2. The van der Waals surface area contributed by atoms with Crippen LogP contribution in [0.4, 0.5) is 0 Å². The molecular formula is C24H38ClNO. The summed E-state index contributed by atoms with van der Waals surface area (Å²) in [5.74, 6) is 3.83. The van der Waals surface area contributed by atoms with E-state index in [-0.39, 0.29) is 12.4 Å². The number of halogens is 1. The summed E-state index contributed by atoms with van der Waals surface area (Å²) in [5.41, 5.74) is 3.89. The fraction of sp³-hybridized carbons (Fsp3) is 0.750. The molecule has 0 heterocycles. The van der Waals surface area contributed by atoms with E-state index in [0.29, 0.717) is 5.41 Å². The average molecular weight is 392 g/mol. The summed E-state index contributed by atoms with van der Waals surface area (Å²) >= 11 is 0. The fourth-order valence-electron chi connectivity index (χ4n) is 6.47. The molecule has 0 spiro atoms. The smallest absolute Gasteiger partial charge is 0.119 e. The lowest BCUT2D eigenvalue weighted by molar-refractivity contribution is 0.0598. The number of hydrogen-bond donors (Lipinski definition) is 0. The van der Waals surface area contributed by atoms with Crippen molar-refractivity contribution in [1.82, 2.24) is 4.90 Å². The van der Waals surface area contributed by atoms with Gasteiger partial charge in [-0.2, -0.15) is 0 Å². The molecule has 27 heavy (non-hydrogen) atoms. The van der Waals surface area contributed by atoms with E-state index in [1.165, 1.54) is 44.9 Å². The quantitative estimate of drug-likeness (QED) is 0.583. The van der Waals surface area contributed by atoms with Gasteiger partial charge in [0, 0.05) is 6.54 Å². The van der Waals surface area contributed by atoms with E-state index in [9.17, 15) is 0 Å². The molecule has 0 saturated heterocycles. The van der Waals surface area contributed by atoms with Crippen molar-refractivity contribution in [2.24, 2.45) is 17.3 Å². The molecule has 0 aliphatic heterocycles. The maximum Gasteiger partial charge on any atom is 0.119 e. The summed E-state index contributed by atoms with van der Waals surface area (Å²) < 4.78 is 6.09. The molecule has 3 heteroatoms. The lowest BCUT2D eigenvalue weighted by Crippen LogP contribution is -2.39. The Labute approximate surface area is 172 Å². The van der Waals surface area contributed by atoms with Crippen molar-refractivity contribution >= 4 is 12.4 Å². The average Bonchev–Trinajstić information content (AvgIpc) is 3.06. The lowest BCUT2D eigenvalue weighted by atomic mass is 9.56. The molecule has 0 amide bonds. The van der Waals surface area contributed by atoms with Crippen molar-refractivity contribution in [3.05, 3.63) is 29.3 Å². The first-order valence-electron chi connectivity index (χ1n) is 11.1. The van der Waals surface area contributed by atoms with Gasteiger partial charge in [0.25, 0.3) is 0 Å². The van der Waals surface area contributed by atoms with Crippen LogP contribution in [-0.2, 0) is 6.42 Å². The highest BCUT2D eigenvalue weighted by molar-refractivity contribution is 5.85. The summed E-state index contributed by atoms with van der Waals surface area (Å²) in [4.78, 5) is 2.42. The third kappa shape index (κ3) is 4.03. The highest BCUT2D eigenvalue weighted by Crippen LogP contribution is 2.60. The van der Waals surface area contributed by atoms with Gasteiger partial charge in [-0.15, -0.1) is 12.4 Å². The normalized spacial score (nSPS) is 31.6. The zero-order chi connectivity index (χ0) is 18.1. The van der Waals surface area contributed by atoms with Gasteiger partial charge >= 0.3 is 0 Å². The standard InChI is InChI=1S/C24H37NO.ClH/c1-4-25(5-2)15-16-26-19-9-11-20-18(17-19)8-10-22-21(20)12-14-24(3)13-6-7-23(22)24;/h9,11,17,21-23H,4-8,10,12-16H2,1-3H3;1H/t21-,22-,23+,24+;/m0./s1. The molecule has 0 unspecified atom stereocenters. The van der Waals surface area contributed by atoms with Gasteiger partial charge in [-0.1, -0.05) is 33.3 Å². The monoisotopic (exact) mass is 391 g/mol. The molecule has 2 saturated carbocycles. The third-order valence-electron chi connectivity index (χ3n) is 8.05. The molecule has 152 valence electrons. The number of rotatable bonds is 6. The fourth-order valence-corrected chi connectivity index (χ4v) is 6.47. The van der Waals surface area contributed by atoms with Crippen LogP contribution in [-0.4, -0.2) is 31.1 Å². The first-order valence-corrected chi connectivity index (χ1v) is 11.1. The van der Waals surface area contributed by atoms with E-state index in [0.717, 1.165) is 49.7 Å². The summed E-state index contributed by atoms with van der Waals surface area (Å²) in [6, 6.07) is 7.01. The Bertz CT molecular complexity index is 629. The number of likely N-dealkylation sites (N-methyl/N-ethyl adjacent to an activating group) is 1. The van der Waals surface area contributed by atoms with Crippen molar-refractivity contribution in [3.63, 3.8) is 0 Å². The zero-order valence-electron chi connectivity index (χ0n) is 17.5. The van der Waals surface area contributed by atoms with Crippen molar-refractivity contribution in [2.45, 2.75) is 71.6 Å². The molecule has 0 bridgehead atoms. The molecule has 4 rings (SSSR count). The zero-order valence-corrected chi connectivity index (χ0v) is 18.3. The molecule has 3 aliphatic carbocycles. The Hall–Kier alpha value is -0.730. The number of nitrogens with zero attached hydrogens (tertiary/aromatic N) is 1. The van der Waals surface area contributed by atoms with Crippen LogP contribution in [0.25, 0.3) is 0 Å². The first-order chi connectivity index (χ1) is 12.6. The van der Waals surface area contributed by atoms with Gasteiger partial charge in [0.1, 0.15) is 12.4 Å². The molecule has 4 atom stereocenters. The van der Waals surface area contributed by atoms with Crippen LogP contribution in [0.2, 0.25) is 0 Å². The van der Waals surface area contributed by atoms with E-state index in [1.54, 1.807) is 11.1 Å². The molecule has 2 nitrogen and oxygen atoms in total. The van der Waals surface area contributed by atoms with Crippen LogP contribution in [0.5, 0.6) is 5.75 Å². The Morgan fingerprint density at radius 1 is 1.11 bits per heavy atom. The second-order valence-electron chi connectivity index (χ2n) is 9.24. The van der Waals surface area contributed by atoms with Crippen molar-refractivity contribution in [1.29, 1.82) is 0 Å². The van der Waals surface area contributed by atoms with Crippen LogP contribution < -0.4 is 4.74 Å². The third-order valence-corrected chi connectivity index (χ3v) is 8.05. The van der Waals surface area contributed by atoms with Crippen LogP contribution in [0.1, 0.15) is 76.3 Å². The number of fused-ring (bicyclic) bond motifs is 5. The summed E-state index contributed by atoms with van der Waals surface area (Å²) in [6.45, 7) is 11.1.